The summed E-state index contributed by atoms with van der Waals surface area (Å²) in [5, 5.41) is 0.469. The maximum atomic E-state index is 14.2. The molecule has 1 aromatic heterocycles. The van der Waals surface area contributed by atoms with Crippen molar-refractivity contribution in [3.63, 3.8) is 0 Å². The second kappa shape index (κ2) is 22.9. The summed E-state index contributed by atoms with van der Waals surface area (Å²) in [4.78, 5) is 14.2. The van der Waals surface area contributed by atoms with E-state index in [9.17, 15) is 4.79 Å². The molecule has 7 nitrogen and oxygen atoms in total. The smallest absolute Gasteiger partial charge is 0.235 e. The third kappa shape index (κ3) is 12.0. The van der Waals surface area contributed by atoms with Gasteiger partial charge in [-0.25, -0.2) is 0 Å². The van der Waals surface area contributed by atoms with Crippen LogP contribution < -0.4 is 29.1 Å². The normalized spacial score (nSPS) is 11.4. The Bertz CT molecular complexity index is 1480. The minimum atomic E-state index is -0.220. The van der Waals surface area contributed by atoms with E-state index in [0.29, 0.717) is 66.0 Å². The highest BCUT2D eigenvalue weighted by molar-refractivity contribution is 5.93. The molecule has 0 fully saturated rings. The predicted molar refractivity (Wildman–Crippen MR) is 205 cm³/mol. The quantitative estimate of drug-likeness (QED) is 0.0788. The largest absolute Gasteiger partial charge is 0.494 e. The van der Waals surface area contributed by atoms with Crippen molar-refractivity contribution < 1.29 is 23.7 Å². The first kappa shape index (κ1) is 39.8. The van der Waals surface area contributed by atoms with Gasteiger partial charge >= 0.3 is 0 Å². The van der Waals surface area contributed by atoms with Gasteiger partial charge in [0.15, 0.2) is 17.2 Å². The van der Waals surface area contributed by atoms with Crippen molar-refractivity contribution in [1.82, 2.24) is 4.57 Å². The summed E-state index contributed by atoms with van der Waals surface area (Å²) < 4.78 is 31.7. The third-order valence-corrected chi connectivity index (χ3v) is 8.82. The molecule has 0 aliphatic rings. The highest BCUT2D eigenvalue weighted by Gasteiger charge is 2.24. The molecule has 272 valence electrons. The number of rotatable bonds is 26. The van der Waals surface area contributed by atoms with E-state index in [1.54, 1.807) is 13.2 Å². The molecule has 3 aromatic rings. The molecule has 2 aromatic carbocycles. The molecule has 0 radical (unpaired) electrons. The Kier molecular flexibility index (Phi) is 18.6. The molecule has 49 heavy (non-hydrogen) atoms. The first-order valence-electron chi connectivity index (χ1n) is 19.2. The van der Waals surface area contributed by atoms with Crippen molar-refractivity contribution in [1.29, 1.82) is 0 Å². The van der Waals surface area contributed by atoms with Crippen molar-refractivity contribution in [2.75, 3.05) is 33.5 Å². The fourth-order valence-corrected chi connectivity index (χ4v) is 6.39. The Morgan fingerprint density at radius 3 is 1.76 bits per heavy atom. The van der Waals surface area contributed by atoms with Crippen LogP contribution in [0.4, 0.5) is 0 Å². The van der Waals surface area contributed by atoms with Crippen LogP contribution in [0.2, 0.25) is 0 Å². The Hall–Kier alpha value is -3.61. The molecule has 0 aliphatic carbocycles. The molecule has 0 bridgehead atoms. The van der Waals surface area contributed by atoms with Crippen LogP contribution in [0.1, 0.15) is 131 Å². The number of fused-ring (bicyclic) bond motifs is 1. The highest BCUT2D eigenvalue weighted by Crippen LogP contribution is 2.40. The molecule has 3 rings (SSSR count). The molecular weight excluding hydrogens is 614 g/mol. The number of allylic oxidation sites excluding steroid dienone is 1. The number of unbranched alkanes of at least 4 members (excludes halogenated alkanes) is 14. The molecular formula is C42H63NO6. The van der Waals surface area contributed by atoms with Crippen LogP contribution in [0.5, 0.6) is 28.7 Å². The maximum Gasteiger partial charge on any atom is 0.235 e. The molecule has 0 N–H and O–H groups in total. The topological polar surface area (TPSA) is 68.2 Å². The summed E-state index contributed by atoms with van der Waals surface area (Å²) in [6.45, 7) is 11.7. The molecule has 0 spiro atoms. The molecule has 0 aliphatic heterocycles. The lowest BCUT2D eigenvalue weighted by Gasteiger charge is -2.21. The lowest BCUT2D eigenvalue weighted by molar-refractivity contribution is 0.311. The number of nitrogens with zero attached hydrogens (tertiary/aromatic N) is 1. The second-order valence-electron chi connectivity index (χ2n) is 12.6. The van der Waals surface area contributed by atoms with E-state index in [4.69, 9.17) is 23.7 Å². The van der Waals surface area contributed by atoms with Crippen LogP contribution in [0, 0.1) is 0 Å². The summed E-state index contributed by atoms with van der Waals surface area (Å²) in [6, 6.07) is 9.46. The monoisotopic (exact) mass is 677 g/mol. The Morgan fingerprint density at radius 1 is 0.612 bits per heavy atom. The molecule has 1 heterocycles. The maximum absolute atomic E-state index is 14.2. The van der Waals surface area contributed by atoms with Crippen LogP contribution in [0.15, 0.2) is 41.2 Å². The molecule has 0 saturated heterocycles. The Balaban J connectivity index is 1.84. The number of methoxy groups -OCH3 is 1. The number of benzene rings is 2. The Morgan fingerprint density at radius 2 is 1.18 bits per heavy atom. The zero-order valence-electron chi connectivity index (χ0n) is 31.4. The van der Waals surface area contributed by atoms with E-state index in [1.165, 1.54) is 83.5 Å². The van der Waals surface area contributed by atoms with Crippen molar-refractivity contribution in [3.05, 3.63) is 46.6 Å². The molecule has 0 saturated carbocycles. The van der Waals surface area contributed by atoms with Gasteiger partial charge in [0, 0.05) is 23.9 Å². The predicted octanol–water partition coefficient (Wildman–Crippen LogP) is 11.6. The van der Waals surface area contributed by atoms with E-state index in [2.05, 4.69) is 19.2 Å². The standard InChI is InChI=1S/C42H63NO6/c1-7-12-13-14-15-16-17-18-19-20-21-22-23-24-25-26-29-43-35-31-34(46-8-2)32-38(48-10-4)39(35)41(44)42(49-11-5)40(43)33-27-28-36(47-9-3)37(30-33)45-6/h26-32H,7-25H2,1-6H3. The fraction of sp³-hybridized carbons (Fsp3) is 0.595. The number of hydrogen-bond donors (Lipinski definition) is 0. The van der Waals surface area contributed by atoms with Gasteiger partial charge in [0.25, 0.3) is 0 Å². The van der Waals surface area contributed by atoms with Gasteiger partial charge in [-0.1, -0.05) is 96.5 Å². The number of ether oxygens (including phenoxy) is 5. The zero-order chi connectivity index (χ0) is 35.3. The van der Waals surface area contributed by atoms with Crippen molar-refractivity contribution >= 4 is 17.1 Å². The summed E-state index contributed by atoms with van der Waals surface area (Å²) in [5.74, 6) is 2.63. The SMILES string of the molecule is CCCCCCCCCCCCCCCCC=Cn1c(-c2ccc(OCC)c(OC)c2)c(OCC)c(=O)c2c(OCC)cc(OCC)cc21. The van der Waals surface area contributed by atoms with Crippen LogP contribution in [-0.4, -0.2) is 38.1 Å². The first-order valence-corrected chi connectivity index (χ1v) is 19.2. The number of pyridine rings is 1. The van der Waals surface area contributed by atoms with E-state index in [0.717, 1.165) is 18.4 Å². The van der Waals surface area contributed by atoms with Crippen LogP contribution >= 0.6 is 0 Å². The van der Waals surface area contributed by atoms with Crippen LogP contribution in [0.25, 0.3) is 28.4 Å². The fourth-order valence-electron chi connectivity index (χ4n) is 6.39. The minimum Gasteiger partial charge on any atom is -0.494 e. The summed E-state index contributed by atoms with van der Waals surface area (Å²) >= 11 is 0. The van der Waals surface area contributed by atoms with E-state index in [-0.39, 0.29) is 11.2 Å². The van der Waals surface area contributed by atoms with Crippen molar-refractivity contribution in [3.8, 4) is 40.0 Å². The molecule has 0 amide bonds. The van der Waals surface area contributed by atoms with Gasteiger partial charge in [-0.3, -0.25) is 4.79 Å². The Labute approximate surface area is 295 Å². The van der Waals surface area contributed by atoms with E-state index >= 15 is 0 Å². The zero-order valence-corrected chi connectivity index (χ0v) is 31.4. The van der Waals surface area contributed by atoms with Gasteiger partial charge in [-0.05, 0) is 58.7 Å². The van der Waals surface area contributed by atoms with Crippen molar-refractivity contribution in [2.45, 2.75) is 131 Å². The van der Waals surface area contributed by atoms with E-state index in [1.807, 2.05) is 56.5 Å². The van der Waals surface area contributed by atoms with Gasteiger partial charge in [0.1, 0.15) is 11.5 Å². The average Bonchev–Trinajstić information content (AvgIpc) is 3.10. The molecule has 0 atom stereocenters. The summed E-state index contributed by atoms with van der Waals surface area (Å²) in [7, 11) is 1.62. The van der Waals surface area contributed by atoms with E-state index < -0.39 is 0 Å². The summed E-state index contributed by atoms with van der Waals surface area (Å²) in [5.41, 5.74) is 1.91. The lowest BCUT2D eigenvalue weighted by atomic mass is 10.0. The third-order valence-electron chi connectivity index (χ3n) is 8.82. The van der Waals surface area contributed by atoms with Gasteiger partial charge in [0.05, 0.1) is 50.1 Å². The van der Waals surface area contributed by atoms with Crippen LogP contribution in [0.3, 0.4) is 0 Å². The first-order chi connectivity index (χ1) is 24.0. The number of aromatic nitrogens is 1. The molecule has 7 heteroatoms. The minimum absolute atomic E-state index is 0.220. The summed E-state index contributed by atoms with van der Waals surface area (Å²) in [6.07, 6.45) is 23.9. The second-order valence-corrected chi connectivity index (χ2v) is 12.6. The number of hydrogen-bond acceptors (Lipinski definition) is 6. The van der Waals surface area contributed by atoms with Gasteiger partial charge < -0.3 is 28.3 Å². The molecule has 0 unspecified atom stereocenters. The average molecular weight is 678 g/mol. The highest BCUT2D eigenvalue weighted by atomic mass is 16.5. The van der Waals surface area contributed by atoms with Crippen LogP contribution in [-0.2, 0) is 0 Å². The van der Waals surface area contributed by atoms with Gasteiger partial charge in [-0.2, -0.15) is 0 Å². The lowest BCUT2D eigenvalue weighted by Crippen LogP contribution is -2.16. The van der Waals surface area contributed by atoms with Gasteiger partial charge in [0.2, 0.25) is 5.43 Å². The van der Waals surface area contributed by atoms with Crippen molar-refractivity contribution in [2.24, 2.45) is 0 Å². The van der Waals surface area contributed by atoms with Gasteiger partial charge in [-0.15, -0.1) is 0 Å².